The zero-order valence-corrected chi connectivity index (χ0v) is 16.2. The molecule has 0 aliphatic carbocycles. The van der Waals surface area contributed by atoms with Crippen LogP contribution in [0.3, 0.4) is 0 Å². The van der Waals surface area contributed by atoms with Gasteiger partial charge in [0, 0.05) is 24.1 Å². The molecule has 0 saturated carbocycles. The predicted molar refractivity (Wildman–Crippen MR) is 101 cm³/mol. The van der Waals surface area contributed by atoms with Gasteiger partial charge in [0.15, 0.2) is 0 Å². The Morgan fingerprint density at radius 2 is 2.04 bits per heavy atom. The highest BCUT2D eigenvalue weighted by Gasteiger charge is 2.33. The van der Waals surface area contributed by atoms with Gasteiger partial charge in [-0.1, -0.05) is 28.1 Å². The molecule has 0 radical (unpaired) electrons. The van der Waals surface area contributed by atoms with Crippen LogP contribution in [0.4, 0.5) is 10.5 Å². The molecule has 1 saturated heterocycles. The number of anilines is 1. The van der Waals surface area contributed by atoms with Gasteiger partial charge in [-0.2, -0.15) is 5.26 Å². The van der Waals surface area contributed by atoms with Crippen LogP contribution in [0.5, 0.6) is 5.75 Å². The molecule has 0 atom stereocenters. The Balaban J connectivity index is 1.90. The standard InChI is InChI=1S/C18H18BrN5O2/c1-12-5-4-6-16(24-18(25)22(2)23(3)21-24)15(12)11-26-17-8-7-14(19)9-13(17)10-20/h4-9,21H,11H2,1-3H3. The van der Waals surface area contributed by atoms with E-state index in [4.69, 9.17) is 4.74 Å². The van der Waals surface area contributed by atoms with Gasteiger partial charge >= 0.3 is 6.03 Å². The summed E-state index contributed by atoms with van der Waals surface area (Å²) in [5.74, 6) is 0.500. The van der Waals surface area contributed by atoms with Gasteiger partial charge in [-0.15, -0.1) is 10.7 Å². The van der Waals surface area contributed by atoms with E-state index in [1.807, 2.05) is 31.2 Å². The number of benzene rings is 2. The fourth-order valence-electron chi connectivity index (χ4n) is 2.63. The van der Waals surface area contributed by atoms with Gasteiger partial charge in [0.05, 0.1) is 11.3 Å². The van der Waals surface area contributed by atoms with E-state index in [0.717, 1.165) is 15.6 Å². The molecule has 134 valence electrons. The molecule has 0 aromatic heterocycles. The third-order valence-electron chi connectivity index (χ3n) is 4.22. The number of hydrazine groups is 3. The van der Waals surface area contributed by atoms with Gasteiger partial charge in [0.25, 0.3) is 0 Å². The Bertz CT molecular complexity index is 896. The molecule has 1 fully saturated rings. The van der Waals surface area contributed by atoms with E-state index < -0.39 is 0 Å². The first kappa shape index (κ1) is 18.2. The maximum absolute atomic E-state index is 12.5. The number of hydrogen-bond donors (Lipinski definition) is 1. The lowest BCUT2D eigenvalue weighted by Gasteiger charge is -2.20. The van der Waals surface area contributed by atoms with Gasteiger partial charge in [0.1, 0.15) is 18.4 Å². The second kappa shape index (κ2) is 7.33. The Kier molecular flexibility index (Phi) is 5.13. The summed E-state index contributed by atoms with van der Waals surface area (Å²) < 4.78 is 6.72. The van der Waals surface area contributed by atoms with Crippen LogP contribution in [0.2, 0.25) is 0 Å². The molecule has 1 heterocycles. The summed E-state index contributed by atoms with van der Waals surface area (Å²) in [6.07, 6.45) is 0. The molecule has 0 spiro atoms. The van der Waals surface area contributed by atoms with E-state index in [1.54, 1.807) is 31.3 Å². The Morgan fingerprint density at radius 3 is 2.69 bits per heavy atom. The highest BCUT2D eigenvalue weighted by Crippen LogP contribution is 2.29. The number of nitriles is 1. The largest absolute Gasteiger partial charge is 0.487 e. The van der Waals surface area contributed by atoms with Crippen LogP contribution in [0.25, 0.3) is 0 Å². The van der Waals surface area contributed by atoms with Crippen LogP contribution < -0.4 is 15.3 Å². The molecule has 1 aliphatic heterocycles. The fourth-order valence-corrected chi connectivity index (χ4v) is 3.00. The number of urea groups is 1. The molecule has 7 nitrogen and oxygen atoms in total. The molecule has 0 unspecified atom stereocenters. The summed E-state index contributed by atoms with van der Waals surface area (Å²) in [7, 11) is 3.44. The maximum Gasteiger partial charge on any atom is 0.355 e. The van der Waals surface area contributed by atoms with E-state index in [9.17, 15) is 10.1 Å². The number of rotatable bonds is 4. The topological polar surface area (TPSA) is 71.8 Å². The first-order valence-corrected chi connectivity index (χ1v) is 8.70. The van der Waals surface area contributed by atoms with Crippen LogP contribution in [0.15, 0.2) is 40.9 Å². The van der Waals surface area contributed by atoms with Gasteiger partial charge in [-0.25, -0.2) is 14.8 Å². The third kappa shape index (κ3) is 3.37. The second-order valence-electron chi connectivity index (χ2n) is 5.88. The van der Waals surface area contributed by atoms with Crippen molar-refractivity contribution in [2.75, 3.05) is 19.1 Å². The first-order valence-electron chi connectivity index (χ1n) is 7.91. The number of nitrogens with zero attached hydrogens (tertiary/aromatic N) is 4. The average Bonchev–Trinajstić information content (AvgIpc) is 2.88. The fraction of sp³-hybridized carbons (Fsp3) is 0.222. The minimum absolute atomic E-state index is 0.194. The minimum atomic E-state index is -0.194. The predicted octanol–water partition coefficient (Wildman–Crippen LogP) is 3.35. The molecule has 3 rings (SSSR count). The summed E-state index contributed by atoms with van der Waals surface area (Å²) in [6, 6.07) is 12.9. The molecular weight excluding hydrogens is 398 g/mol. The van der Waals surface area contributed by atoms with Crippen LogP contribution in [-0.4, -0.2) is 30.3 Å². The molecule has 2 amide bonds. The summed E-state index contributed by atoms with van der Waals surface area (Å²) in [5, 5.41) is 13.8. The van der Waals surface area contributed by atoms with Crippen molar-refractivity contribution in [3.63, 3.8) is 0 Å². The molecule has 1 aliphatic rings. The van der Waals surface area contributed by atoms with Crippen molar-refractivity contribution >= 4 is 27.6 Å². The molecular formula is C18H18BrN5O2. The van der Waals surface area contributed by atoms with Gasteiger partial charge in [-0.3, -0.25) is 0 Å². The lowest BCUT2D eigenvalue weighted by Crippen LogP contribution is -2.39. The number of ether oxygens (including phenoxy) is 1. The van der Waals surface area contributed by atoms with E-state index in [-0.39, 0.29) is 12.6 Å². The zero-order valence-electron chi connectivity index (χ0n) is 14.7. The monoisotopic (exact) mass is 415 g/mol. The summed E-state index contributed by atoms with van der Waals surface area (Å²) in [5.41, 5.74) is 6.01. The smallest absolute Gasteiger partial charge is 0.355 e. The maximum atomic E-state index is 12.5. The minimum Gasteiger partial charge on any atom is -0.487 e. The van der Waals surface area contributed by atoms with Gasteiger partial charge in [0.2, 0.25) is 0 Å². The number of aryl methyl sites for hydroxylation is 1. The van der Waals surface area contributed by atoms with Gasteiger partial charge in [-0.05, 0) is 36.8 Å². The molecule has 26 heavy (non-hydrogen) atoms. The Hall–Kier alpha value is -2.60. The normalized spacial score (nSPS) is 14.7. The first-order chi connectivity index (χ1) is 12.4. The van der Waals surface area contributed by atoms with E-state index in [1.165, 1.54) is 10.0 Å². The lowest BCUT2D eigenvalue weighted by atomic mass is 10.1. The highest BCUT2D eigenvalue weighted by molar-refractivity contribution is 9.10. The van der Waals surface area contributed by atoms with Crippen molar-refractivity contribution in [1.82, 2.24) is 15.7 Å². The van der Waals surface area contributed by atoms with Crippen molar-refractivity contribution in [3.05, 3.63) is 57.6 Å². The average molecular weight is 416 g/mol. The van der Waals surface area contributed by atoms with Gasteiger partial charge < -0.3 is 4.74 Å². The van der Waals surface area contributed by atoms with Crippen molar-refractivity contribution < 1.29 is 9.53 Å². The summed E-state index contributed by atoms with van der Waals surface area (Å²) in [6.45, 7) is 2.19. The third-order valence-corrected chi connectivity index (χ3v) is 4.72. The number of halogens is 1. The zero-order chi connectivity index (χ0) is 18.8. The number of carbonyl (C=O) groups is 1. The van der Waals surface area contributed by atoms with E-state index >= 15 is 0 Å². The van der Waals surface area contributed by atoms with Crippen LogP contribution in [-0.2, 0) is 6.61 Å². The lowest BCUT2D eigenvalue weighted by molar-refractivity contribution is 0.0652. The SMILES string of the molecule is Cc1cccc(N2NN(C)N(C)C2=O)c1COc1ccc(Br)cc1C#N. The van der Waals surface area contributed by atoms with E-state index in [2.05, 4.69) is 27.5 Å². The molecule has 2 aromatic rings. The number of hydrogen-bond acceptors (Lipinski definition) is 5. The van der Waals surface area contributed by atoms with Crippen molar-refractivity contribution in [1.29, 1.82) is 5.26 Å². The number of nitrogens with one attached hydrogen (secondary N) is 1. The van der Waals surface area contributed by atoms with Crippen molar-refractivity contribution in [2.45, 2.75) is 13.5 Å². The van der Waals surface area contributed by atoms with Crippen molar-refractivity contribution in [2.24, 2.45) is 0 Å². The quantitative estimate of drug-likeness (QED) is 0.828. The van der Waals surface area contributed by atoms with Crippen LogP contribution in [0.1, 0.15) is 16.7 Å². The number of carbonyl (C=O) groups excluding carboxylic acids is 1. The second-order valence-corrected chi connectivity index (χ2v) is 6.79. The Labute approximate surface area is 160 Å². The van der Waals surface area contributed by atoms with Crippen molar-refractivity contribution in [3.8, 4) is 11.8 Å². The van der Waals surface area contributed by atoms with Crippen LogP contribution >= 0.6 is 15.9 Å². The Morgan fingerprint density at radius 1 is 1.27 bits per heavy atom. The van der Waals surface area contributed by atoms with E-state index in [0.29, 0.717) is 17.0 Å². The molecule has 2 aromatic carbocycles. The number of amides is 2. The molecule has 0 bridgehead atoms. The van der Waals surface area contributed by atoms with Crippen LogP contribution in [0, 0.1) is 18.3 Å². The summed E-state index contributed by atoms with van der Waals surface area (Å²) in [4.78, 5) is 12.5. The summed E-state index contributed by atoms with van der Waals surface area (Å²) >= 11 is 3.35. The molecule has 8 heteroatoms. The highest BCUT2D eigenvalue weighted by atomic mass is 79.9. The molecule has 1 N–H and O–H groups in total.